The van der Waals surface area contributed by atoms with E-state index < -0.39 is 23.5 Å². The molecule has 4 rings (SSSR count). The number of hydrogen-bond acceptors (Lipinski definition) is 6. The zero-order valence-electron chi connectivity index (χ0n) is 18.1. The van der Waals surface area contributed by atoms with Crippen LogP contribution in [0.2, 0.25) is 0 Å². The van der Waals surface area contributed by atoms with Crippen LogP contribution in [0.25, 0.3) is 11.2 Å². The van der Waals surface area contributed by atoms with E-state index in [0.717, 1.165) is 16.3 Å². The first-order valence-corrected chi connectivity index (χ1v) is 10.4. The predicted molar refractivity (Wildman–Crippen MR) is 115 cm³/mol. The lowest BCUT2D eigenvalue weighted by Crippen LogP contribution is -2.45. The monoisotopic (exact) mass is 478 g/mol. The quantitative estimate of drug-likeness (QED) is 0.562. The third kappa shape index (κ3) is 4.81. The largest absolute Gasteiger partial charge is 0.573 e. The molecule has 1 aliphatic rings. The molecule has 0 bridgehead atoms. The van der Waals surface area contributed by atoms with Gasteiger partial charge in [-0.2, -0.15) is 0 Å². The molecule has 9 nitrogen and oxygen atoms in total. The number of piperidine rings is 1. The number of benzene rings is 1. The summed E-state index contributed by atoms with van der Waals surface area (Å²) in [4.78, 5) is 42.9. The van der Waals surface area contributed by atoms with E-state index in [1.165, 1.54) is 29.8 Å². The molecule has 1 fully saturated rings. The summed E-state index contributed by atoms with van der Waals surface area (Å²) >= 11 is 0. The second kappa shape index (κ2) is 8.93. The molecule has 180 valence electrons. The van der Waals surface area contributed by atoms with Crippen LogP contribution in [0.3, 0.4) is 0 Å². The molecule has 3 aromatic rings. The Labute approximate surface area is 190 Å². The highest BCUT2D eigenvalue weighted by atomic mass is 19.4. The van der Waals surface area contributed by atoms with Crippen LogP contribution in [0, 0.1) is 0 Å². The van der Waals surface area contributed by atoms with Crippen LogP contribution in [0.1, 0.15) is 34.8 Å². The average molecular weight is 478 g/mol. The average Bonchev–Trinajstić information content (AvgIpc) is 2.79. The number of hydrogen-bond donors (Lipinski definition) is 1. The van der Waals surface area contributed by atoms with E-state index in [9.17, 15) is 32.7 Å². The normalized spacial score (nSPS) is 15.5. The van der Waals surface area contributed by atoms with Gasteiger partial charge < -0.3 is 14.4 Å². The topological polar surface area (TPSA) is 107 Å². The van der Waals surface area contributed by atoms with Crippen LogP contribution in [0.15, 0.2) is 46.1 Å². The highest BCUT2D eigenvalue weighted by Crippen LogP contribution is 2.26. The van der Waals surface area contributed by atoms with Crippen LogP contribution in [0.5, 0.6) is 5.75 Å². The minimum absolute atomic E-state index is 0.0887. The molecule has 0 saturated carbocycles. The van der Waals surface area contributed by atoms with Crippen molar-refractivity contribution in [3.63, 3.8) is 0 Å². The van der Waals surface area contributed by atoms with Crippen LogP contribution in [-0.4, -0.2) is 49.5 Å². The Morgan fingerprint density at radius 3 is 2.38 bits per heavy atom. The number of alkyl halides is 3. The van der Waals surface area contributed by atoms with Gasteiger partial charge >= 0.3 is 23.5 Å². The van der Waals surface area contributed by atoms with Gasteiger partial charge in [-0.1, -0.05) is 12.1 Å². The summed E-state index contributed by atoms with van der Waals surface area (Å²) in [5, 5.41) is 9.23. The Morgan fingerprint density at radius 2 is 1.79 bits per heavy atom. The molecule has 1 saturated heterocycles. The van der Waals surface area contributed by atoms with Gasteiger partial charge in [0.2, 0.25) is 0 Å². The molecule has 12 heteroatoms. The number of rotatable bonds is 5. The van der Waals surface area contributed by atoms with Crippen LogP contribution >= 0.6 is 0 Å². The molecule has 0 amide bonds. The zero-order valence-corrected chi connectivity index (χ0v) is 18.1. The fraction of sp³-hybridized carbons (Fsp3) is 0.364. The second-order valence-corrected chi connectivity index (χ2v) is 8.11. The third-order valence-corrected chi connectivity index (χ3v) is 5.88. The lowest BCUT2D eigenvalue weighted by molar-refractivity contribution is -0.274. The molecular formula is C22H21F3N4O5. The lowest BCUT2D eigenvalue weighted by Gasteiger charge is -2.33. The van der Waals surface area contributed by atoms with Crippen LogP contribution in [-0.2, 0) is 13.6 Å². The van der Waals surface area contributed by atoms with Gasteiger partial charge in [-0.15, -0.1) is 13.2 Å². The Kier molecular flexibility index (Phi) is 6.17. The summed E-state index contributed by atoms with van der Waals surface area (Å²) in [7, 11) is 1.40. The van der Waals surface area contributed by atoms with Crippen molar-refractivity contribution in [1.29, 1.82) is 0 Å². The number of nitrogens with zero attached hydrogens (tertiary/aromatic N) is 4. The Balaban J connectivity index is 1.51. The van der Waals surface area contributed by atoms with E-state index >= 15 is 0 Å². The fourth-order valence-electron chi connectivity index (χ4n) is 4.18. The van der Waals surface area contributed by atoms with Crippen molar-refractivity contribution in [1.82, 2.24) is 19.0 Å². The first-order valence-electron chi connectivity index (χ1n) is 10.4. The molecule has 0 aliphatic carbocycles. The van der Waals surface area contributed by atoms with Crippen molar-refractivity contribution in [3.05, 3.63) is 68.4 Å². The predicted octanol–water partition coefficient (Wildman–Crippen LogP) is 2.53. The minimum Gasteiger partial charge on any atom is -0.478 e. The maximum atomic E-state index is 12.8. The van der Waals surface area contributed by atoms with E-state index in [4.69, 9.17) is 0 Å². The molecule has 0 atom stereocenters. The molecule has 0 radical (unpaired) electrons. The summed E-state index contributed by atoms with van der Waals surface area (Å²) in [5.74, 6) is -1.48. The van der Waals surface area contributed by atoms with Crippen molar-refractivity contribution in [2.75, 3.05) is 13.1 Å². The minimum atomic E-state index is -4.74. The Morgan fingerprint density at radius 1 is 1.15 bits per heavy atom. The van der Waals surface area contributed by atoms with Gasteiger partial charge in [-0.05, 0) is 36.6 Å². The van der Waals surface area contributed by atoms with Crippen molar-refractivity contribution in [3.8, 4) is 5.75 Å². The molecule has 0 spiro atoms. The molecule has 2 aromatic heterocycles. The van der Waals surface area contributed by atoms with E-state index in [0.29, 0.717) is 32.5 Å². The van der Waals surface area contributed by atoms with Gasteiger partial charge in [-0.25, -0.2) is 9.78 Å². The molecule has 3 heterocycles. The smallest absolute Gasteiger partial charge is 0.478 e. The van der Waals surface area contributed by atoms with Gasteiger partial charge in [0.25, 0.3) is 0 Å². The summed E-state index contributed by atoms with van der Waals surface area (Å²) in [6, 6.07) is 6.68. The van der Waals surface area contributed by atoms with E-state index in [1.54, 1.807) is 12.1 Å². The number of likely N-dealkylation sites (tertiary alicyclic amines) is 1. The standard InChI is InChI=1S/C22H21F3N4O5/c1-27-17-10-14(21(32)33)11-26-18(17)29(20(31)19(27)30)15-6-8-28(9-7-15)12-13-2-4-16(5-3-13)34-22(23,24)25/h2-5,10-11,15H,6-9,12H2,1H3,(H,32,33). The Hall–Kier alpha value is -3.67. The molecule has 0 unspecified atom stereocenters. The van der Waals surface area contributed by atoms with Gasteiger partial charge in [0.1, 0.15) is 5.75 Å². The highest BCUT2D eigenvalue weighted by Gasteiger charge is 2.31. The number of halogens is 3. The molecule has 34 heavy (non-hydrogen) atoms. The summed E-state index contributed by atoms with van der Waals surface area (Å²) in [6.45, 7) is 1.68. The van der Waals surface area contributed by atoms with Gasteiger partial charge in [0.05, 0.1) is 11.1 Å². The molecular weight excluding hydrogens is 457 g/mol. The number of aromatic carboxylic acids is 1. The summed E-state index contributed by atoms with van der Waals surface area (Å²) < 4.78 is 43.3. The number of aromatic nitrogens is 3. The molecule has 1 N–H and O–H groups in total. The van der Waals surface area contributed by atoms with Crippen molar-refractivity contribution < 1.29 is 27.8 Å². The number of aryl methyl sites for hydroxylation is 1. The van der Waals surface area contributed by atoms with Gasteiger partial charge in [0.15, 0.2) is 5.65 Å². The highest BCUT2D eigenvalue weighted by molar-refractivity contribution is 5.90. The first-order chi connectivity index (χ1) is 16.0. The van der Waals surface area contributed by atoms with Crippen molar-refractivity contribution in [2.45, 2.75) is 31.8 Å². The number of pyridine rings is 1. The molecule has 1 aromatic carbocycles. The number of carboxylic acids is 1. The zero-order chi connectivity index (χ0) is 24.6. The van der Waals surface area contributed by atoms with Gasteiger partial charge in [-0.3, -0.25) is 19.1 Å². The van der Waals surface area contributed by atoms with Crippen LogP contribution < -0.4 is 15.9 Å². The van der Waals surface area contributed by atoms with Crippen molar-refractivity contribution in [2.24, 2.45) is 7.05 Å². The maximum absolute atomic E-state index is 12.8. The lowest BCUT2D eigenvalue weighted by atomic mass is 10.0. The molecule has 1 aliphatic heterocycles. The van der Waals surface area contributed by atoms with E-state index in [2.05, 4.69) is 14.6 Å². The number of ether oxygens (including phenoxy) is 1. The summed E-state index contributed by atoms with van der Waals surface area (Å²) in [5.41, 5.74) is -0.255. The Bertz CT molecular complexity index is 1340. The van der Waals surface area contributed by atoms with Crippen molar-refractivity contribution >= 4 is 17.1 Å². The van der Waals surface area contributed by atoms with Crippen LogP contribution in [0.4, 0.5) is 13.2 Å². The number of carbonyl (C=O) groups is 1. The maximum Gasteiger partial charge on any atom is 0.573 e. The third-order valence-electron chi connectivity index (χ3n) is 5.88. The number of carboxylic acid groups (broad SMARTS) is 1. The van der Waals surface area contributed by atoms with E-state index in [-0.39, 0.29) is 28.5 Å². The van der Waals surface area contributed by atoms with E-state index in [1.807, 2.05) is 0 Å². The number of fused-ring (bicyclic) bond motifs is 1. The summed E-state index contributed by atoms with van der Waals surface area (Å²) in [6.07, 6.45) is -2.50. The first kappa shape index (κ1) is 23.5. The fourth-order valence-corrected chi connectivity index (χ4v) is 4.18. The second-order valence-electron chi connectivity index (χ2n) is 8.11. The van der Waals surface area contributed by atoms with Gasteiger partial charge in [0, 0.05) is 38.9 Å². The SMILES string of the molecule is Cn1c(=O)c(=O)n(C2CCN(Cc3ccc(OC(F)(F)F)cc3)CC2)c2ncc(C(=O)O)cc21.